The van der Waals surface area contributed by atoms with Gasteiger partial charge in [0.05, 0.1) is 0 Å². The van der Waals surface area contributed by atoms with Crippen molar-refractivity contribution in [1.29, 1.82) is 5.41 Å². The van der Waals surface area contributed by atoms with E-state index in [0.29, 0.717) is 36.3 Å². The van der Waals surface area contributed by atoms with Crippen LogP contribution in [-0.4, -0.2) is 79.5 Å². The minimum absolute atomic E-state index is 0.0266. The molecule has 1 aromatic rings. The first kappa shape index (κ1) is 34.3. The Bertz CT molecular complexity index is 1020. The third-order valence-electron chi connectivity index (χ3n) is 6.85. The van der Waals surface area contributed by atoms with Gasteiger partial charge in [0.25, 0.3) is 0 Å². The Labute approximate surface area is 251 Å². The number of ether oxygens (including phenoxy) is 1. The zero-order valence-electron chi connectivity index (χ0n) is 24.5. The molecular weight excluding hydrogens is 562 g/mol. The molecule has 3 amide bonds. The number of hydrogen-bond acceptors (Lipinski definition) is 7. The molecule has 1 aliphatic rings. The molecule has 0 aromatic heterocycles. The first-order valence-electron chi connectivity index (χ1n) is 14.0. The summed E-state index contributed by atoms with van der Waals surface area (Å²) in [4.78, 5) is 43.1. The summed E-state index contributed by atoms with van der Waals surface area (Å²) in [6.45, 7) is 5.09. The van der Waals surface area contributed by atoms with Crippen LogP contribution in [-0.2, 0) is 20.7 Å². The summed E-state index contributed by atoms with van der Waals surface area (Å²) in [5, 5.41) is 15.8. The molecule has 2 rings (SSSR count). The number of aliphatic imine (C=N–C) groups is 1. The van der Waals surface area contributed by atoms with Gasteiger partial charge < -0.3 is 26.0 Å². The van der Waals surface area contributed by atoms with Crippen LogP contribution in [0.5, 0.6) is 0 Å². The van der Waals surface area contributed by atoms with Gasteiger partial charge in [0.15, 0.2) is 0 Å². The number of benzene rings is 1. The van der Waals surface area contributed by atoms with Gasteiger partial charge in [-0.2, -0.15) is 4.99 Å². The molecule has 1 fully saturated rings. The molecule has 1 aromatic carbocycles. The number of nitrogens with one attached hydrogen (secondary N) is 4. The first-order valence-corrected chi connectivity index (χ1v) is 16.5. The second-order valence-corrected chi connectivity index (χ2v) is 13.2. The van der Waals surface area contributed by atoms with Crippen LogP contribution < -0.4 is 21.7 Å². The lowest BCUT2D eigenvalue weighted by molar-refractivity contribution is -0.132. The van der Waals surface area contributed by atoms with Gasteiger partial charge in [0.1, 0.15) is 12.6 Å². The predicted molar refractivity (Wildman–Crippen MR) is 168 cm³/mol. The number of guanidine groups is 2. The van der Waals surface area contributed by atoms with Crippen LogP contribution in [0.3, 0.4) is 0 Å². The van der Waals surface area contributed by atoms with Crippen LogP contribution >= 0.6 is 21.6 Å². The van der Waals surface area contributed by atoms with E-state index in [4.69, 9.17) is 15.9 Å². The second kappa shape index (κ2) is 18.5. The number of nitrogens with zero attached hydrogens (tertiary/aromatic N) is 2. The molecule has 0 saturated heterocycles. The second-order valence-electron chi connectivity index (χ2n) is 10.5. The Hall–Kier alpha value is -2.93. The molecular formula is C28H45N7O4S2. The normalized spacial score (nSPS) is 17.8. The fourth-order valence-corrected chi connectivity index (χ4v) is 6.14. The summed E-state index contributed by atoms with van der Waals surface area (Å²) in [6, 6.07) is 9.09. The van der Waals surface area contributed by atoms with Crippen molar-refractivity contribution in [3.8, 4) is 0 Å². The smallest absolute Gasteiger partial charge is 0.413 e. The topological polar surface area (TPSA) is 162 Å². The maximum Gasteiger partial charge on any atom is 0.413 e. The molecule has 11 nitrogen and oxygen atoms in total. The molecule has 13 heteroatoms. The maximum atomic E-state index is 13.1. The van der Waals surface area contributed by atoms with Crippen molar-refractivity contribution in [2.45, 2.75) is 52.0 Å². The molecule has 0 spiro atoms. The highest BCUT2D eigenvalue weighted by atomic mass is 33.1. The molecule has 6 N–H and O–H groups in total. The number of hydrogen-bond donors (Lipinski definition) is 5. The zero-order chi connectivity index (χ0) is 30.2. The molecule has 1 atom stereocenters. The zero-order valence-corrected chi connectivity index (χ0v) is 26.1. The van der Waals surface area contributed by atoms with Crippen LogP contribution in [0.25, 0.3) is 0 Å². The maximum absolute atomic E-state index is 13.1. The minimum Gasteiger partial charge on any atom is -0.448 e. The standard InChI is InChI=1S/C28H45N7O4S2/c1-19(2)21-10-12-22(13-11-21)24(36)32-23(18-20-8-6-5-7-9-20)25(37)31-14-16-40-41-17-15-39-28(38)34-26(29)33-27(30)35(3)4/h5-9,19,21-23H,10-18H2,1-4H3,(H,31,37)(H,32,36)(H4,29,30,33,34,38)/t21?,22?,23-/m1/s1. The van der Waals surface area contributed by atoms with Gasteiger partial charge in [-0.15, -0.1) is 0 Å². The van der Waals surface area contributed by atoms with E-state index in [9.17, 15) is 14.4 Å². The van der Waals surface area contributed by atoms with Crippen LogP contribution in [0.15, 0.2) is 35.3 Å². The van der Waals surface area contributed by atoms with Crippen LogP contribution in [0.4, 0.5) is 4.79 Å². The van der Waals surface area contributed by atoms with Crippen molar-refractivity contribution in [3.05, 3.63) is 35.9 Å². The van der Waals surface area contributed by atoms with Crippen molar-refractivity contribution in [3.63, 3.8) is 0 Å². The largest absolute Gasteiger partial charge is 0.448 e. The van der Waals surface area contributed by atoms with Crippen LogP contribution in [0.1, 0.15) is 45.1 Å². The summed E-state index contributed by atoms with van der Waals surface area (Å²) in [5.41, 5.74) is 6.56. The van der Waals surface area contributed by atoms with E-state index in [0.717, 1.165) is 31.2 Å². The van der Waals surface area contributed by atoms with E-state index in [2.05, 4.69) is 34.8 Å². The van der Waals surface area contributed by atoms with Gasteiger partial charge in [-0.05, 0) is 43.1 Å². The molecule has 1 aliphatic carbocycles. The summed E-state index contributed by atoms with van der Waals surface area (Å²) in [6.07, 6.45) is 3.55. The monoisotopic (exact) mass is 607 g/mol. The van der Waals surface area contributed by atoms with Crippen LogP contribution in [0, 0.1) is 23.2 Å². The van der Waals surface area contributed by atoms with E-state index in [-0.39, 0.29) is 36.3 Å². The van der Waals surface area contributed by atoms with Gasteiger partial charge in [-0.1, -0.05) is 65.8 Å². The molecule has 0 radical (unpaired) electrons. The van der Waals surface area contributed by atoms with Crippen LogP contribution in [0.2, 0.25) is 0 Å². The third-order valence-corrected chi connectivity index (χ3v) is 9.22. The lowest BCUT2D eigenvalue weighted by Crippen LogP contribution is -2.50. The SMILES string of the molecule is CC(C)C1CCC(C(=O)N[C@H](Cc2ccccc2)C(=O)NCCSSCCOC(=O)NC(N)=NC(=N)N(C)C)CC1. The number of carbonyl (C=O) groups is 3. The summed E-state index contributed by atoms with van der Waals surface area (Å²) < 4.78 is 5.05. The Kier molecular flexibility index (Phi) is 15.5. The molecule has 0 unspecified atom stereocenters. The van der Waals surface area contributed by atoms with E-state index < -0.39 is 12.1 Å². The van der Waals surface area contributed by atoms with Gasteiger partial charge in [-0.25, -0.2) is 4.79 Å². The predicted octanol–water partition coefficient (Wildman–Crippen LogP) is 3.21. The lowest BCUT2D eigenvalue weighted by atomic mass is 9.76. The van der Waals surface area contributed by atoms with Crippen molar-refractivity contribution >= 4 is 51.4 Å². The number of alkyl carbamates (subject to hydrolysis) is 1. The fraction of sp³-hybridized carbons (Fsp3) is 0.607. The average molecular weight is 608 g/mol. The number of nitrogens with two attached hydrogens (primary N) is 1. The Morgan fingerprint density at radius 3 is 2.39 bits per heavy atom. The first-order chi connectivity index (χ1) is 19.6. The van der Waals surface area contributed by atoms with E-state index in [1.807, 2.05) is 30.3 Å². The number of carbonyl (C=O) groups excluding carboxylic acids is 3. The molecule has 0 bridgehead atoms. The van der Waals surface area contributed by atoms with Crippen molar-refractivity contribution < 1.29 is 19.1 Å². The highest BCUT2D eigenvalue weighted by Crippen LogP contribution is 2.33. The van der Waals surface area contributed by atoms with Gasteiger partial charge >= 0.3 is 6.09 Å². The summed E-state index contributed by atoms with van der Waals surface area (Å²) in [5.74, 6) is 1.93. The van der Waals surface area contributed by atoms with E-state index >= 15 is 0 Å². The molecule has 0 aliphatic heterocycles. The number of amides is 3. The molecule has 0 heterocycles. The summed E-state index contributed by atoms with van der Waals surface area (Å²) >= 11 is 0. The highest BCUT2D eigenvalue weighted by Gasteiger charge is 2.30. The molecule has 228 valence electrons. The quantitative estimate of drug-likeness (QED) is 0.0988. The summed E-state index contributed by atoms with van der Waals surface area (Å²) in [7, 11) is 6.33. The van der Waals surface area contributed by atoms with E-state index in [1.165, 1.54) is 15.7 Å². The van der Waals surface area contributed by atoms with Gasteiger partial charge in [0, 0.05) is 44.5 Å². The minimum atomic E-state index is -0.741. The number of rotatable bonds is 13. The average Bonchev–Trinajstić information content (AvgIpc) is 2.94. The highest BCUT2D eigenvalue weighted by molar-refractivity contribution is 8.76. The Balaban J connectivity index is 1.70. The Morgan fingerprint density at radius 2 is 1.76 bits per heavy atom. The Morgan fingerprint density at radius 1 is 1.10 bits per heavy atom. The van der Waals surface area contributed by atoms with E-state index in [1.54, 1.807) is 24.9 Å². The van der Waals surface area contributed by atoms with Crippen molar-refractivity contribution in [2.75, 3.05) is 38.8 Å². The molecule has 1 saturated carbocycles. The fourth-order valence-electron chi connectivity index (χ4n) is 4.40. The van der Waals surface area contributed by atoms with Gasteiger partial charge in [0.2, 0.25) is 23.7 Å². The van der Waals surface area contributed by atoms with Crippen molar-refractivity contribution in [2.24, 2.45) is 28.5 Å². The third kappa shape index (κ3) is 13.5. The molecule has 41 heavy (non-hydrogen) atoms. The van der Waals surface area contributed by atoms with Gasteiger partial charge in [-0.3, -0.25) is 20.3 Å². The van der Waals surface area contributed by atoms with Crippen molar-refractivity contribution in [1.82, 2.24) is 20.9 Å². The lowest BCUT2D eigenvalue weighted by Gasteiger charge is -2.31.